The van der Waals surface area contributed by atoms with Gasteiger partial charge in [-0.2, -0.15) is 0 Å². The van der Waals surface area contributed by atoms with E-state index in [0.29, 0.717) is 38.5 Å². The Hall–Kier alpha value is -2.32. The molecule has 146 valence electrons. The lowest BCUT2D eigenvalue weighted by molar-refractivity contribution is -0.122. The molecule has 1 saturated heterocycles. The summed E-state index contributed by atoms with van der Waals surface area (Å²) in [7, 11) is 1.49. The van der Waals surface area contributed by atoms with Crippen LogP contribution in [0.5, 0.6) is 11.5 Å². The number of carbonyl (C=O) groups is 2. The van der Waals surface area contributed by atoms with Crippen molar-refractivity contribution >= 4 is 44.9 Å². The maximum Gasteiger partial charge on any atom is 0.293 e. The van der Waals surface area contributed by atoms with E-state index in [1.165, 1.54) is 18.1 Å². The molecule has 0 radical (unpaired) electrons. The minimum atomic E-state index is -0.344. The molecular formula is C20H17BrFNO4S. The summed E-state index contributed by atoms with van der Waals surface area (Å²) in [5, 5.41) is -0.285. The Kier molecular flexibility index (Phi) is 6.41. The smallest absolute Gasteiger partial charge is 0.293 e. The molecule has 2 aromatic carbocycles. The van der Waals surface area contributed by atoms with Crippen molar-refractivity contribution in [2.24, 2.45) is 0 Å². The fourth-order valence-corrected chi connectivity index (χ4v) is 3.95. The van der Waals surface area contributed by atoms with Gasteiger partial charge in [-0.15, -0.1) is 0 Å². The number of methoxy groups -OCH3 is 1. The van der Waals surface area contributed by atoms with Gasteiger partial charge in [0.2, 0.25) is 0 Å². The standard InChI is InChI=1S/C20H17BrFNO4S/c1-3-23-19(24)18(28-20(23)25)9-13-8-16(26-2)17(10-14(13)21)27-11-12-6-4-5-7-15(12)22/h4-10H,3,11H2,1-2H3/b18-9+. The Morgan fingerprint density at radius 2 is 1.96 bits per heavy atom. The highest BCUT2D eigenvalue weighted by atomic mass is 79.9. The summed E-state index contributed by atoms with van der Waals surface area (Å²) in [6, 6.07) is 9.76. The van der Waals surface area contributed by atoms with E-state index in [-0.39, 0.29) is 23.6 Å². The van der Waals surface area contributed by atoms with Gasteiger partial charge in [0.15, 0.2) is 11.5 Å². The minimum absolute atomic E-state index is 0.0458. The lowest BCUT2D eigenvalue weighted by Crippen LogP contribution is -2.27. The van der Waals surface area contributed by atoms with Gasteiger partial charge >= 0.3 is 0 Å². The van der Waals surface area contributed by atoms with Gasteiger partial charge < -0.3 is 9.47 Å². The Labute approximate surface area is 174 Å². The summed E-state index contributed by atoms with van der Waals surface area (Å²) >= 11 is 4.35. The molecule has 0 aromatic heterocycles. The van der Waals surface area contributed by atoms with Crippen molar-refractivity contribution in [3.63, 3.8) is 0 Å². The fraction of sp³-hybridized carbons (Fsp3) is 0.200. The number of halogens is 2. The van der Waals surface area contributed by atoms with Crippen LogP contribution in [-0.4, -0.2) is 29.7 Å². The van der Waals surface area contributed by atoms with Crippen molar-refractivity contribution in [1.29, 1.82) is 0 Å². The molecule has 0 N–H and O–H groups in total. The second-order valence-corrected chi connectivity index (χ2v) is 7.68. The third kappa shape index (κ3) is 4.23. The lowest BCUT2D eigenvalue weighted by atomic mass is 10.1. The topological polar surface area (TPSA) is 55.8 Å². The van der Waals surface area contributed by atoms with Gasteiger partial charge in [-0.25, -0.2) is 4.39 Å². The van der Waals surface area contributed by atoms with Crippen LogP contribution in [0.15, 0.2) is 45.8 Å². The number of hydrogen-bond donors (Lipinski definition) is 0. The molecule has 0 aliphatic carbocycles. The second kappa shape index (κ2) is 8.79. The number of ether oxygens (including phenoxy) is 2. The summed E-state index contributed by atoms with van der Waals surface area (Å²) in [4.78, 5) is 25.7. The molecule has 0 bridgehead atoms. The average Bonchev–Trinajstić information content (AvgIpc) is 2.95. The molecule has 0 atom stereocenters. The van der Waals surface area contributed by atoms with E-state index in [1.54, 1.807) is 43.3 Å². The van der Waals surface area contributed by atoms with Crippen LogP contribution in [0.25, 0.3) is 6.08 Å². The van der Waals surface area contributed by atoms with Gasteiger partial charge in [-0.05, 0) is 48.5 Å². The van der Waals surface area contributed by atoms with Gasteiger partial charge in [-0.1, -0.05) is 34.1 Å². The number of imide groups is 1. The Bertz CT molecular complexity index is 963. The minimum Gasteiger partial charge on any atom is -0.493 e. The van der Waals surface area contributed by atoms with Gasteiger partial charge in [0, 0.05) is 16.6 Å². The SMILES string of the molecule is CCN1C(=O)S/C(=C/c2cc(OC)c(OCc3ccccc3F)cc2Br)C1=O. The molecular weight excluding hydrogens is 449 g/mol. The molecule has 8 heteroatoms. The molecule has 28 heavy (non-hydrogen) atoms. The molecule has 5 nitrogen and oxygen atoms in total. The zero-order valence-corrected chi connectivity index (χ0v) is 17.6. The molecule has 2 amide bonds. The highest BCUT2D eigenvalue weighted by Crippen LogP contribution is 2.38. The molecule has 1 fully saturated rings. The van der Waals surface area contributed by atoms with E-state index in [0.717, 1.165) is 11.8 Å². The largest absolute Gasteiger partial charge is 0.493 e. The fourth-order valence-electron chi connectivity index (χ4n) is 2.62. The Morgan fingerprint density at radius 1 is 1.21 bits per heavy atom. The first-order valence-electron chi connectivity index (χ1n) is 8.43. The summed E-state index contributed by atoms with van der Waals surface area (Å²) < 4.78 is 25.5. The number of nitrogens with zero attached hydrogens (tertiary/aromatic N) is 1. The quantitative estimate of drug-likeness (QED) is 0.546. The van der Waals surface area contributed by atoms with Crippen LogP contribution in [0.4, 0.5) is 9.18 Å². The number of carbonyl (C=O) groups excluding carboxylic acids is 2. The molecule has 0 spiro atoms. The highest BCUT2D eigenvalue weighted by molar-refractivity contribution is 9.10. The van der Waals surface area contributed by atoms with Crippen molar-refractivity contribution in [1.82, 2.24) is 4.90 Å². The molecule has 1 aliphatic heterocycles. The predicted octanol–water partition coefficient (Wildman–Crippen LogP) is 5.23. The Morgan fingerprint density at radius 3 is 2.61 bits per heavy atom. The number of hydrogen-bond acceptors (Lipinski definition) is 5. The van der Waals surface area contributed by atoms with Crippen LogP contribution in [-0.2, 0) is 11.4 Å². The second-order valence-electron chi connectivity index (χ2n) is 5.83. The third-order valence-electron chi connectivity index (χ3n) is 4.10. The average molecular weight is 466 g/mol. The van der Waals surface area contributed by atoms with Crippen molar-refractivity contribution in [3.05, 3.63) is 62.7 Å². The normalized spacial score (nSPS) is 15.4. The van der Waals surface area contributed by atoms with Gasteiger partial charge in [0.25, 0.3) is 11.1 Å². The number of likely N-dealkylation sites (N-methyl/N-ethyl adjacent to an activating group) is 1. The zero-order valence-electron chi connectivity index (χ0n) is 15.2. The molecule has 3 rings (SSSR count). The number of rotatable bonds is 6. The summed E-state index contributed by atoms with van der Waals surface area (Å²) in [6.45, 7) is 2.12. The first kappa shape index (κ1) is 20.4. The van der Waals surface area contributed by atoms with E-state index in [2.05, 4.69) is 15.9 Å². The van der Waals surface area contributed by atoms with Crippen LogP contribution in [0.3, 0.4) is 0 Å². The molecule has 1 heterocycles. The first-order valence-corrected chi connectivity index (χ1v) is 10.0. The van der Waals surface area contributed by atoms with Crippen LogP contribution in [0.2, 0.25) is 0 Å². The van der Waals surface area contributed by atoms with E-state index >= 15 is 0 Å². The molecule has 1 aliphatic rings. The maximum atomic E-state index is 13.8. The first-order chi connectivity index (χ1) is 13.4. The van der Waals surface area contributed by atoms with E-state index in [9.17, 15) is 14.0 Å². The van der Waals surface area contributed by atoms with Crippen molar-refractivity contribution in [3.8, 4) is 11.5 Å². The molecule has 0 saturated carbocycles. The Balaban J connectivity index is 1.86. The predicted molar refractivity (Wildman–Crippen MR) is 110 cm³/mol. The number of benzene rings is 2. The van der Waals surface area contributed by atoms with Crippen LogP contribution >= 0.6 is 27.7 Å². The third-order valence-corrected chi connectivity index (χ3v) is 5.69. The van der Waals surface area contributed by atoms with Crippen LogP contribution < -0.4 is 9.47 Å². The van der Waals surface area contributed by atoms with E-state index in [1.807, 2.05) is 0 Å². The summed E-state index contributed by atoms with van der Waals surface area (Å²) in [6.07, 6.45) is 1.63. The lowest BCUT2D eigenvalue weighted by Gasteiger charge is -2.13. The highest BCUT2D eigenvalue weighted by Gasteiger charge is 2.33. The molecule has 2 aromatic rings. The van der Waals surface area contributed by atoms with Crippen LogP contribution in [0.1, 0.15) is 18.1 Å². The van der Waals surface area contributed by atoms with Gasteiger partial charge in [-0.3, -0.25) is 14.5 Å². The van der Waals surface area contributed by atoms with Gasteiger partial charge in [0.05, 0.1) is 12.0 Å². The monoisotopic (exact) mass is 465 g/mol. The summed E-state index contributed by atoms with van der Waals surface area (Å²) in [5.41, 5.74) is 1.09. The van der Waals surface area contributed by atoms with Crippen molar-refractivity contribution in [2.45, 2.75) is 13.5 Å². The van der Waals surface area contributed by atoms with Crippen LogP contribution in [0, 0.1) is 5.82 Å². The molecule has 0 unspecified atom stereocenters. The summed E-state index contributed by atoms with van der Waals surface area (Å²) in [5.74, 6) is 0.198. The van der Waals surface area contributed by atoms with Gasteiger partial charge in [0.1, 0.15) is 12.4 Å². The number of amides is 2. The van der Waals surface area contributed by atoms with E-state index < -0.39 is 0 Å². The van der Waals surface area contributed by atoms with Crippen molar-refractivity contribution < 1.29 is 23.5 Å². The zero-order chi connectivity index (χ0) is 20.3. The van der Waals surface area contributed by atoms with Crippen molar-refractivity contribution in [2.75, 3.05) is 13.7 Å². The maximum absolute atomic E-state index is 13.8. The van der Waals surface area contributed by atoms with E-state index in [4.69, 9.17) is 9.47 Å². The number of thioether (sulfide) groups is 1.